The summed E-state index contributed by atoms with van der Waals surface area (Å²) in [7, 11) is 1.37. The number of fused-ring (bicyclic) bond motifs is 1. The predicted molar refractivity (Wildman–Crippen MR) is 106 cm³/mol. The van der Waals surface area contributed by atoms with Crippen molar-refractivity contribution in [3.8, 4) is 5.69 Å². The van der Waals surface area contributed by atoms with Crippen LogP contribution in [0.5, 0.6) is 0 Å². The predicted octanol–water partition coefficient (Wildman–Crippen LogP) is 4.98. The van der Waals surface area contributed by atoms with Crippen molar-refractivity contribution in [2.75, 3.05) is 12.9 Å². The van der Waals surface area contributed by atoms with Gasteiger partial charge in [-0.1, -0.05) is 47.6 Å². The summed E-state index contributed by atoms with van der Waals surface area (Å²) in [6.45, 7) is 0. The SMILES string of the molecule is COC(=O)CSc1nnc(Br)n1-c1c(Cl)cc(C2CC2)c2ccccc12. The van der Waals surface area contributed by atoms with Crippen molar-refractivity contribution in [3.63, 3.8) is 0 Å². The van der Waals surface area contributed by atoms with Crippen molar-refractivity contribution in [3.05, 3.63) is 45.7 Å². The molecule has 0 atom stereocenters. The van der Waals surface area contributed by atoms with E-state index >= 15 is 0 Å². The number of thioether (sulfide) groups is 1. The maximum Gasteiger partial charge on any atom is 0.316 e. The average Bonchev–Trinajstić information content (AvgIpc) is 3.43. The molecule has 0 saturated heterocycles. The maximum atomic E-state index is 11.5. The van der Waals surface area contributed by atoms with Gasteiger partial charge in [-0.3, -0.25) is 9.36 Å². The van der Waals surface area contributed by atoms with Crippen LogP contribution in [0.4, 0.5) is 0 Å². The van der Waals surface area contributed by atoms with E-state index in [1.807, 2.05) is 16.7 Å². The van der Waals surface area contributed by atoms with E-state index in [0.717, 1.165) is 11.1 Å². The van der Waals surface area contributed by atoms with E-state index in [-0.39, 0.29) is 11.7 Å². The Labute approximate surface area is 168 Å². The van der Waals surface area contributed by atoms with Crippen molar-refractivity contribution in [1.29, 1.82) is 0 Å². The number of esters is 1. The molecule has 0 radical (unpaired) electrons. The van der Waals surface area contributed by atoms with E-state index in [1.54, 1.807) is 0 Å². The van der Waals surface area contributed by atoms with Crippen LogP contribution in [0.2, 0.25) is 5.02 Å². The summed E-state index contributed by atoms with van der Waals surface area (Å²) in [5, 5.41) is 11.8. The topological polar surface area (TPSA) is 57.0 Å². The van der Waals surface area contributed by atoms with E-state index in [0.29, 0.717) is 20.8 Å². The van der Waals surface area contributed by atoms with E-state index < -0.39 is 0 Å². The monoisotopic (exact) mass is 451 g/mol. The molecular formula is C18H15BrClN3O2S. The van der Waals surface area contributed by atoms with Crippen LogP contribution in [0.15, 0.2) is 40.2 Å². The molecule has 134 valence electrons. The van der Waals surface area contributed by atoms with Gasteiger partial charge in [0.05, 0.1) is 23.6 Å². The van der Waals surface area contributed by atoms with Gasteiger partial charge in [0.15, 0.2) is 5.16 Å². The first-order valence-electron chi connectivity index (χ1n) is 8.12. The molecule has 0 N–H and O–H groups in total. The first kappa shape index (κ1) is 17.8. The van der Waals surface area contributed by atoms with Crippen molar-refractivity contribution in [2.45, 2.75) is 23.9 Å². The van der Waals surface area contributed by atoms with Gasteiger partial charge in [0.1, 0.15) is 0 Å². The fraction of sp³-hybridized carbons (Fsp3) is 0.278. The molecule has 2 aromatic carbocycles. The fourth-order valence-corrected chi connectivity index (χ4v) is 4.64. The van der Waals surface area contributed by atoms with Crippen LogP contribution in [-0.2, 0) is 9.53 Å². The van der Waals surface area contributed by atoms with E-state index in [4.69, 9.17) is 16.3 Å². The van der Waals surface area contributed by atoms with Crippen LogP contribution in [-0.4, -0.2) is 33.6 Å². The average molecular weight is 453 g/mol. The number of hydrogen-bond donors (Lipinski definition) is 0. The molecule has 3 aromatic rings. The number of carbonyl (C=O) groups excluding carboxylic acids is 1. The molecule has 8 heteroatoms. The van der Waals surface area contributed by atoms with Gasteiger partial charge in [-0.05, 0) is 51.7 Å². The number of ether oxygens (including phenoxy) is 1. The minimum Gasteiger partial charge on any atom is -0.468 e. The van der Waals surface area contributed by atoms with Gasteiger partial charge in [0.25, 0.3) is 0 Å². The normalized spacial score (nSPS) is 14.0. The minimum atomic E-state index is -0.319. The quantitative estimate of drug-likeness (QED) is 0.404. The standard InChI is InChI=1S/C18H15BrClN3O2S/c1-25-15(24)9-26-18-22-21-17(19)23(18)16-12-5-3-2-4-11(12)13(8-14(16)20)10-6-7-10/h2-5,8,10H,6-7,9H2,1H3. The molecule has 1 aliphatic rings. The van der Waals surface area contributed by atoms with Crippen molar-refractivity contribution in [2.24, 2.45) is 0 Å². The van der Waals surface area contributed by atoms with Crippen LogP contribution < -0.4 is 0 Å². The van der Waals surface area contributed by atoms with Crippen molar-refractivity contribution >= 4 is 56.0 Å². The summed E-state index contributed by atoms with van der Waals surface area (Å²) in [6, 6.07) is 10.3. The number of halogens is 2. The second-order valence-corrected chi connectivity index (χ2v) is 8.13. The van der Waals surface area contributed by atoms with Gasteiger partial charge < -0.3 is 4.74 Å². The molecule has 0 unspecified atom stereocenters. The Bertz CT molecular complexity index is 1000. The molecule has 1 heterocycles. The first-order chi connectivity index (χ1) is 12.6. The summed E-state index contributed by atoms with van der Waals surface area (Å²) in [6.07, 6.45) is 2.41. The highest BCUT2D eigenvalue weighted by Gasteiger charge is 2.28. The third-order valence-electron chi connectivity index (χ3n) is 4.38. The Morgan fingerprint density at radius 1 is 1.35 bits per heavy atom. The van der Waals surface area contributed by atoms with Crippen LogP contribution in [0.1, 0.15) is 24.3 Å². The summed E-state index contributed by atoms with van der Waals surface area (Å²) in [4.78, 5) is 11.5. The van der Waals surface area contributed by atoms with Crippen LogP contribution >= 0.6 is 39.3 Å². The Morgan fingerprint density at radius 3 is 2.77 bits per heavy atom. The van der Waals surface area contributed by atoms with Crippen LogP contribution in [0.25, 0.3) is 16.5 Å². The van der Waals surface area contributed by atoms with Gasteiger partial charge in [-0.2, -0.15) is 0 Å². The highest BCUT2D eigenvalue weighted by molar-refractivity contribution is 9.10. The summed E-state index contributed by atoms with van der Waals surface area (Å²) >= 11 is 11.4. The smallest absolute Gasteiger partial charge is 0.316 e. The molecule has 1 saturated carbocycles. The van der Waals surface area contributed by atoms with Crippen LogP contribution in [0.3, 0.4) is 0 Å². The lowest BCUT2D eigenvalue weighted by molar-refractivity contribution is -0.137. The maximum absolute atomic E-state index is 11.5. The second kappa shape index (κ2) is 7.21. The molecule has 0 amide bonds. The number of benzene rings is 2. The van der Waals surface area contributed by atoms with E-state index in [1.165, 1.54) is 42.7 Å². The van der Waals surface area contributed by atoms with Gasteiger partial charge in [-0.15, -0.1) is 10.2 Å². The molecule has 1 fully saturated rings. The summed E-state index contributed by atoms with van der Waals surface area (Å²) in [5.74, 6) is 0.418. The largest absolute Gasteiger partial charge is 0.468 e. The fourth-order valence-electron chi connectivity index (χ4n) is 3.03. The highest BCUT2D eigenvalue weighted by Crippen LogP contribution is 2.46. The minimum absolute atomic E-state index is 0.150. The molecule has 5 nitrogen and oxygen atoms in total. The third kappa shape index (κ3) is 3.23. The van der Waals surface area contributed by atoms with Crippen LogP contribution in [0, 0.1) is 0 Å². The molecule has 0 spiro atoms. The Hall–Kier alpha value is -1.57. The summed E-state index contributed by atoms with van der Waals surface area (Å²) < 4.78 is 7.09. The number of methoxy groups -OCH3 is 1. The van der Waals surface area contributed by atoms with Gasteiger partial charge in [0, 0.05) is 5.39 Å². The van der Waals surface area contributed by atoms with Gasteiger partial charge >= 0.3 is 5.97 Å². The molecule has 0 aliphatic heterocycles. The summed E-state index contributed by atoms with van der Waals surface area (Å²) in [5.41, 5.74) is 2.11. The lowest BCUT2D eigenvalue weighted by Gasteiger charge is -2.16. The third-order valence-corrected chi connectivity index (χ3v) is 6.09. The van der Waals surface area contributed by atoms with Gasteiger partial charge in [-0.25, -0.2) is 0 Å². The number of hydrogen-bond acceptors (Lipinski definition) is 5. The van der Waals surface area contributed by atoms with E-state index in [9.17, 15) is 4.79 Å². The number of rotatable bonds is 5. The Kier molecular flexibility index (Phi) is 4.94. The first-order valence-corrected chi connectivity index (χ1v) is 10.3. The number of nitrogens with zero attached hydrogens (tertiary/aromatic N) is 3. The zero-order chi connectivity index (χ0) is 18.3. The number of carbonyl (C=O) groups is 1. The highest BCUT2D eigenvalue weighted by atomic mass is 79.9. The Morgan fingerprint density at radius 2 is 2.08 bits per heavy atom. The van der Waals surface area contributed by atoms with Crippen molar-refractivity contribution < 1.29 is 9.53 Å². The molecular weight excluding hydrogens is 438 g/mol. The lowest BCUT2D eigenvalue weighted by Crippen LogP contribution is -2.06. The Balaban J connectivity index is 1.88. The second-order valence-electron chi connectivity index (χ2n) is 6.07. The molecule has 4 rings (SSSR count). The molecule has 1 aromatic heterocycles. The lowest BCUT2D eigenvalue weighted by atomic mass is 9.99. The molecule has 0 bridgehead atoms. The van der Waals surface area contributed by atoms with Gasteiger partial charge in [0.2, 0.25) is 4.73 Å². The van der Waals surface area contributed by atoms with E-state index in [2.05, 4.69) is 44.3 Å². The zero-order valence-electron chi connectivity index (χ0n) is 13.9. The number of aromatic nitrogens is 3. The zero-order valence-corrected chi connectivity index (χ0v) is 17.1. The molecule has 26 heavy (non-hydrogen) atoms. The molecule has 1 aliphatic carbocycles. The van der Waals surface area contributed by atoms with Crippen molar-refractivity contribution in [1.82, 2.24) is 14.8 Å².